The Hall–Kier alpha value is -3.30. The molecular formula is C23H26N2O3. The Balaban J connectivity index is 2.26. The number of carbonyl (C=O) groups is 2. The number of carbonyl (C=O) groups excluding carboxylic acids is 2. The van der Waals surface area contributed by atoms with Crippen molar-refractivity contribution in [3.8, 4) is 0 Å². The van der Waals surface area contributed by atoms with Crippen LogP contribution in [0.1, 0.15) is 42.3 Å². The molecule has 5 heteroatoms. The van der Waals surface area contributed by atoms with Gasteiger partial charge < -0.3 is 9.64 Å². The molecule has 0 aliphatic heterocycles. The highest BCUT2D eigenvalue weighted by Gasteiger charge is 2.21. The lowest BCUT2D eigenvalue weighted by Crippen LogP contribution is -2.29. The third-order valence-corrected chi connectivity index (χ3v) is 3.77. The van der Waals surface area contributed by atoms with Gasteiger partial charge in [0.25, 0.3) is 5.91 Å². The normalized spacial score (nSPS) is 10.6. The van der Waals surface area contributed by atoms with Gasteiger partial charge in [0.15, 0.2) is 0 Å². The first-order valence-corrected chi connectivity index (χ1v) is 9.01. The summed E-state index contributed by atoms with van der Waals surface area (Å²) in [5, 5.41) is 2.66. The number of nitrogens with zero attached hydrogens (tertiary/aromatic N) is 1. The van der Waals surface area contributed by atoms with Crippen LogP contribution in [-0.4, -0.2) is 22.5 Å². The molecule has 0 aromatic heterocycles. The number of hydrogen-bond acceptors (Lipinski definition) is 3. The number of para-hydroxylation sites is 1. The van der Waals surface area contributed by atoms with Gasteiger partial charge in [0.1, 0.15) is 5.60 Å². The molecule has 146 valence electrons. The highest BCUT2D eigenvalue weighted by molar-refractivity contribution is 6.03. The van der Waals surface area contributed by atoms with Gasteiger partial charge in [-0.05, 0) is 45.4 Å². The molecule has 1 N–H and O–H groups in total. The molecule has 2 aromatic carbocycles. The number of ether oxygens (including phenoxy) is 1. The summed E-state index contributed by atoms with van der Waals surface area (Å²) in [5.41, 5.74) is 4.88. The molecule has 0 fully saturated rings. The van der Waals surface area contributed by atoms with Gasteiger partial charge in [0.2, 0.25) is 0 Å². The van der Waals surface area contributed by atoms with E-state index in [0.29, 0.717) is 17.8 Å². The van der Waals surface area contributed by atoms with E-state index in [0.717, 1.165) is 11.1 Å². The SMILES string of the molecule is C=C=CN(Cc1ccc(C)cc1)C(=O)c1ccccc1NC(=O)OC(C)(C)C. The zero-order valence-corrected chi connectivity index (χ0v) is 16.8. The van der Waals surface area contributed by atoms with E-state index < -0.39 is 11.7 Å². The molecule has 2 amide bonds. The van der Waals surface area contributed by atoms with Crippen LogP contribution in [0.4, 0.5) is 10.5 Å². The molecule has 28 heavy (non-hydrogen) atoms. The largest absolute Gasteiger partial charge is 0.444 e. The predicted molar refractivity (Wildman–Crippen MR) is 111 cm³/mol. The Morgan fingerprint density at radius 2 is 1.79 bits per heavy atom. The fourth-order valence-corrected chi connectivity index (χ4v) is 2.52. The fraction of sp³-hybridized carbons (Fsp3) is 0.261. The van der Waals surface area contributed by atoms with Crippen molar-refractivity contribution in [1.82, 2.24) is 4.90 Å². The van der Waals surface area contributed by atoms with E-state index in [9.17, 15) is 9.59 Å². The maximum Gasteiger partial charge on any atom is 0.412 e. The Labute approximate surface area is 166 Å². The third kappa shape index (κ3) is 6.15. The molecule has 5 nitrogen and oxygen atoms in total. The minimum Gasteiger partial charge on any atom is -0.444 e. The van der Waals surface area contributed by atoms with Crippen LogP contribution in [0.5, 0.6) is 0 Å². The summed E-state index contributed by atoms with van der Waals surface area (Å²) in [6, 6.07) is 14.7. The van der Waals surface area contributed by atoms with Crippen LogP contribution in [-0.2, 0) is 11.3 Å². The molecule has 0 heterocycles. The average Bonchev–Trinajstić information content (AvgIpc) is 2.61. The lowest BCUT2D eigenvalue weighted by atomic mass is 10.1. The molecule has 0 bridgehead atoms. The summed E-state index contributed by atoms with van der Waals surface area (Å²) < 4.78 is 5.29. The minimum absolute atomic E-state index is 0.275. The molecule has 0 atom stereocenters. The first kappa shape index (κ1) is 21.0. The maximum absolute atomic E-state index is 13.1. The first-order valence-electron chi connectivity index (χ1n) is 9.01. The van der Waals surface area contributed by atoms with Crippen molar-refractivity contribution in [2.75, 3.05) is 5.32 Å². The summed E-state index contributed by atoms with van der Waals surface area (Å²) in [7, 11) is 0. The van der Waals surface area contributed by atoms with Crippen molar-refractivity contribution >= 4 is 17.7 Å². The van der Waals surface area contributed by atoms with Crippen LogP contribution in [0.25, 0.3) is 0 Å². The Morgan fingerprint density at radius 1 is 1.14 bits per heavy atom. The first-order chi connectivity index (χ1) is 13.2. The second-order valence-corrected chi connectivity index (χ2v) is 7.42. The van der Waals surface area contributed by atoms with Gasteiger partial charge in [0, 0.05) is 6.20 Å². The van der Waals surface area contributed by atoms with Gasteiger partial charge in [-0.2, -0.15) is 0 Å². The summed E-state index contributed by atoms with van der Waals surface area (Å²) in [6.45, 7) is 11.3. The van der Waals surface area contributed by atoms with E-state index in [1.807, 2.05) is 31.2 Å². The van der Waals surface area contributed by atoms with Crippen molar-refractivity contribution in [1.29, 1.82) is 0 Å². The van der Waals surface area contributed by atoms with Crippen molar-refractivity contribution in [2.45, 2.75) is 39.8 Å². The Kier molecular flexibility index (Phi) is 6.80. The fourth-order valence-electron chi connectivity index (χ4n) is 2.52. The Morgan fingerprint density at radius 3 is 2.39 bits per heavy atom. The predicted octanol–water partition coefficient (Wildman–Crippen LogP) is 5.28. The van der Waals surface area contributed by atoms with E-state index >= 15 is 0 Å². The molecule has 0 aliphatic carbocycles. The molecule has 0 saturated carbocycles. The van der Waals surface area contributed by atoms with Crippen LogP contribution in [0.15, 0.2) is 67.0 Å². The van der Waals surface area contributed by atoms with Crippen molar-refractivity contribution in [2.24, 2.45) is 0 Å². The molecule has 2 rings (SSSR count). The van der Waals surface area contributed by atoms with Crippen LogP contribution < -0.4 is 5.32 Å². The third-order valence-electron chi connectivity index (χ3n) is 3.77. The van der Waals surface area contributed by atoms with E-state index in [1.54, 1.807) is 45.0 Å². The van der Waals surface area contributed by atoms with Crippen molar-refractivity contribution in [3.05, 3.63) is 83.7 Å². The molecule has 0 saturated heterocycles. The average molecular weight is 378 g/mol. The number of amides is 2. The molecular weight excluding hydrogens is 352 g/mol. The number of rotatable bonds is 5. The molecule has 0 aliphatic rings. The van der Waals surface area contributed by atoms with Crippen LogP contribution >= 0.6 is 0 Å². The van der Waals surface area contributed by atoms with Crippen molar-refractivity contribution in [3.63, 3.8) is 0 Å². The van der Waals surface area contributed by atoms with Gasteiger partial charge in [-0.3, -0.25) is 10.1 Å². The van der Waals surface area contributed by atoms with Crippen LogP contribution in [0.2, 0.25) is 0 Å². The Bertz CT molecular complexity index is 889. The van der Waals surface area contributed by atoms with Crippen LogP contribution in [0, 0.1) is 6.92 Å². The topological polar surface area (TPSA) is 58.6 Å². The van der Waals surface area contributed by atoms with Gasteiger partial charge in [-0.25, -0.2) is 4.79 Å². The summed E-state index contributed by atoms with van der Waals surface area (Å²) in [6.07, 6.45) is 0.893. The zero-order chi connectivity index (χ0) is 20.7. The zero-order valence-electron chi connectivity index (χ0n) is 16.8. The highest BCUT2D eigenvalue weighted by atomic mass is 16.6. The smallest absolute Gasteiger partial charge is 0.412 e. The minimum atomic E-state index is -0.633. The molecule has 0 spiro atoms. The van der Waals surface area contributed by atoms with Gasteiger partial charge >= 0.3 is 6.09 Å². The number of nitrogens with one attached hydrogen (secondary N) is 1. The van der Waals surface area contributed by atoms with Gasteiger partial charge in [-0.15, -0.1) is 5.73 Å². The van der Waals surface area contributed by atoms with Gasteiger partial charge in [0.05, 0.1) is 17.8 Å². The van der Waals surface area contributed by atoms with Crippen LogP contribution in [0.3, 0.4) is 0 Å². The second-order valence-electron chi connectivity index (χ2n) is 7.42. The number of benzene rings is 2. The van der Waals surface area contributed by atoms with E-state index in [4.69, 9.17) is 4.74 Å². The summed E-state index contributed by atoms with van der Waals surface area (Å²) in [4.78, 5) is 26.8. The lowest BCUT2D eigenvalue weighted by Gasteiger charge is -2.22. The second kappa shape index (κ2) is 9.07. The summed E-state index contributed by atoms with van der Waals surface area (Å²) >= 11 is 0. The standard InChI is InChI=1S/C23H26N2O3/c1-6-15-25(16-18-13-11-17(2)12-14-18)21(26)19-9-7-8-10-20(19)24-22(27)28-23(3,4)5/h7-15H,1,16H2,2-5H3,(H,24,27). The number of hydrogen-bond donors (Lipinski definition) is 1. The van der Waals surface area contributed by atoms with Gasteiger partial charge in [-0.1, -0.05) is 48.5 Å². The molecule has 2 aromatic rings. The van der Waals surface area contributed by atoms with E-state index in [-0.39, 0.29) is 5.91 Å². The van der Waals surface area contributed by atoms with E-state index in [2.05, 4.69) is 17.6 Å². The molecule has 0 unspecified atom stereocenters. The molecule has 0 radical (unpaired) electrons. The highest BCUT2D eigenvalue weighted by Crippen LogP contribution is 2.20. The number of anilines is 1. The lowest BCUT2D eigenvalue weighted by molar-refractivity contribution is 0.0636. The monoisotopic (exact) mass is 378 g/mol. The maximum atomic E-state index is 13.1. The number of aryl methyl sites for hydroxylation is 1. The quantitative estimate of drug-likeness (QED) is 0.720. The summed E-state index contributed by atoms with van der Waals surface area (Å²) in [5.74, 6) is -0.275. The van der Waals surface area contributed by atoms with E-state index in [1.165, 1.54) is 11.1 Å². The van der Waals surface area contributed by atoms with Crippen molar-refractivity contribution < 1.29 is 14.3 Å².